The zero-order valence-electron chi connectivity index (χ0n) is 8.00. The van der Waals surface area contributed by atoms with Crippen LogP contribution >= 0.6 is 23.2 Å². The van der Waals surface area contributed by atoms with Gasteiger partial charge in [-0.1, -0.05) is 23.2 Å². The Balaban J connectivity index is 2.18. The van der Waals surface area contributed by atoms with E-state index in [0.717, 1.165) is 0 Å². The topological polar surface area (TPSA) is 57.8 Å². The van der Waals surface area contributed by atoms with Gasteiger partial charge >= 0.3 is 0 Å². The van der Waals surface area contributed by atoms with Gasteiger partial charge in [0.15, 0.2) is 0 Å². The Morgan fingerprint density at radius 2 is 1.94 bits per heavy atom. The van der Waals surface area contributed by atoms with Crippen LogP contribution in [0.5, 0.6) is 0 Å². The van der Waals surface area contributed by atoms with Gasteiger partial charge in [0.25, 0.3) is 5.91 Å². The number of rotatable bonds is 2. The molecule has 2 aromatic rings. The normalized spacial score (nSPS) is 10.1. The largest absolute Gasteiger partial charge is 0.341 e. The predicted molar refractivity (Wildman–Crippen MR) is 63.0 cm³/mol. The molecule has 0 aliphatic carbocycles. The minimum atomic E-state index is -0.296. The summed E-state index contributed by atoms with van der Waals surface area (Å²) < 4.78 is 0. The van der Waals surface area contributed by atoms with Crippen LogP contribution in [-0.2, 0) is 0 Å². The quantitative estimate of drug-likeness (QED) is 0.867. The molecule has 0 atom stereocenters. The second kappa shape index (κ2) is 4.55. The summed E-state index contributed by atoms with van der Waals surface area (Å²) in [5, 5.41) is 3.58. The molecule has 0 fully saturated rings. The van der Waals surface area contributed by atoms with Gasteiger partial charge in [-0.05, 0) is 18.2 Å². The van der Waals surface area contributed by atoms with Gasteiger partial charge < -0.3 is 10.3 Å². The van der Waals surface area contributed by atoms with Crippen LogP contribution in [0.3, 0.4) is 0 Å². The van der Waals surface area contributed by atoms with Crippen molar-refractivity contribution in [3.8, 4) is 0 Å². The fraction of sp³-hybridized carbons (Fsp3) is 0. The van der Waals surface area contributed by atoms with E-state index in [1.165, 1.54) is 12.5 Å². The van der Waals surface area contributed by atoms with E-state index >= 15 is 0 Å². The van der Waals surface area contributed by atoms with Crippen LogP contribution in [0.1, 0.15) is 10.5 Å². The SMILES string of the molecule is O=C(Nc1cc(Cl)cc(Cl)c1)c1cnc[nH]1. The minimum absolute atomic E-state index is 0.296. The average Bonchev–Trinajstić information content (AvgIpc) is 2.68. The van der Waals surface area contributed by atoms with Crippen molar-refractivity contribution in [2.45, 2.75) is 0 Å². The van der Waals surface area contributed by atoms with Crippen LogP contribution in [-0.4, -0.2) is 15.9 Å². The van der Waals surface area contributed by atoms with Crippen LogP contribution in [0.15, 0.2) is 30.7 Å². The highest BCUT2D eigenvalue weighted by Gasteiger charge is 2.07. The molecular formula is C10H7Cl2N3O. The summed E-state index contributed by atoms with van der Waals surface area (Å²) in [5.41, 5.74) is 0.910. The van der Waals surface area contributed by atoms with Crippen LogP contribution in [0.4, 0.5) is 5.69 Å². The minimum Gasteiger partial charge on any atom is -0.341 e. The van der Waals surface area contributed by atoms with E-state index < -0.39 is 0 Å². The van der Waals surface area contributed by atoms with Crippen LogP contribution in [0.2, 0.25) is 10.0 Å². The second-order valence-electron chi connectivity index (χ2n) is 3.08. The summed E-state index contributed by atoms with van der Waals surface area (Å²) in [7, 11) is 0. The maximum absolute atomic E-state index is 11.6. The van der Waals surface area contributed by atoms with E-state index in [1.807, 2.05) is 0 Å². The monoisotopic (exact) mass is 255 g/mol. The number of halogens is 2. The third-order valence-electron chi connectivity index (χ3n) is 1.86. The summed E-state index contributed by atoms with van der Waals surface area (Å²) in [6.45, 7) is 0. The summed E-state index contributed by atoms with van der Waals surface area (Å²) in [4.78, 5) is 18.1. The summed E-state index contributed by atoms with van der Waals surface area (Å²) in [5.74, 6) is -0.296. The average molecular weight is 256 g/mol. The summed E-state index contributed by atoms with van der Waals surface area (Å²) in [6, 6.07) is 4.82. The molecule has 82 valence electrons. The summed E-state index contributed by atoms with van der Waals surface area (Å²) >= 11 is 11.6. The number of nitrogens with zero attached hydrogens (tertiary/aromatic N) is 1. The lowest BCUT2D eigenvalue weighted by Gasteiger charge is -2.04. The lowest BCUT2D eigenvalue weighted by molar-refractivity contribution is 0.102. The molecule has 1 amide bonds. The van der Waals surface area contributed by atoms with E-state index in [2.05, 4.69) is 15.3 Å². The molecule has 0 aliphatic rings. The number of carbonyl (C=O) groups is 1. The van der Waals surface area contributed by atoms with Crippen LogP contribution in [0, 0.1) is 0 Å². The number of hydrogen-bond acceptors (Lipinski definition) is 2. The lowest BCUT2D eigenvalue weighted by Crippen LogP contribution is -2.12. The molecule has 0 aliphatic heterocycles. The van der Waals surface area contributed by atoms with Gasteiger partial charge in [0.1, 0.15) is 5.69 Å². The van der Waals surface area contributed by atoms with Crippen molar-refractivity contribution >= 4 is 34.8 Å². The van der Waals surface area contributed by atoms with E-state index in [-0.39, 0.29) is 5.91 Å². The number of aromatic nitrogens is 2. The highest BCUT2D eigenvalue weighted by atomic mass is 35.5. The van der Waals surface area contributed by atoms with Crippen molar-refractivity contribution < 1.29 is 4.79 Å². The first-order valence-corrected chi connectivity index (χ1v) is 5.16. The van der Waals surface area contributed by atoms with E-state index in [1.54, 1.807) is 18.2 Å². The van der Waals surface area contributed by atoms with Crippen molar-refractivity contribution in [1.29, 1.82) is 0 Å². The number of H-pyrrole nitrogens is 1. The van der Waals surface area contributed by atoms with Gasteiger partial charge in [-0.15, -0.1) is 0 Å². The highest BCUT2D eigenvalue weighted by molar-refractivity contribution is 6.35. The molecule has 0 saturated carbocycles. The Morgan fingerprint density at radius 1 is 1.25 bits per heavy atom. The molecule has 0 bridgehead atoms. The molecule has 16 heavy (non-hydrogen) atoms. The number of anilines is 1. The molecule has 6 heteroatoms. The Bertz CT molecular complexity index is 491. The zero-order valence-corrected chi connectivity index (χ0v) is 9.51. The van der Waals surface area contributed by atoms with Gasteiger partial charge in [0, 0.05) is 15.7 Å². The molecule has 1 aromatic carbocycles. The first-order chi connectivity index (χ1) is 7.65. The number of aromatic amines is 1. The van der Waals surface area contributed by atoms with Crippen molar-refractivity contribution in [3.05, 3.63) is 46.5 Å². The third kappa shape index (κ3) is 2.53. The molecule has 0 spiro atoms. The van der Waals surface area contributed by atoms with Gasteiger partial charge in [0.2, 0.25) is 0 Å². The van der Waals surface area contributed by atoms with Crippen molar-refractivity contribution in [3.63, 3.8) is 0 Å². The number of amides is 1. The smallest absolute Gasteiger partial charge is 0.273 e. The van der Waals surface area contributed by atoms with Crippen LogP contribution in [0.25, 0.3) is 0 Å². The Labute approximate surface area is 102 Å². The molecule has 2 rings (SSSR count). The molecular weight excluding hydrogens is 249 g/mol. The third-order valence-corrected chi connectivity index (χ3v) is 2.30. The molecule has 4 nitrogen and oxygen atoms in total. The molecule has 2 N–H and O–H groups in total. The van der Waals surface area contributed by atoms with Gasteiger partial charge in [-0.2, -0.15) is 0 Å². The zero-order chi connectivity index (χ0) is 11.5. The molecule has 0 unspecified atom stereocenters. The van der Waals surface area contributed by atoms with Crippen molar-refractivity contribution in [2.24, 2.45) is 0 Å². The van der Waals surface area contributed by atoms with Gasteiger partial charge in [0.05, 0.1) is 12.5 Å². The Kier molecular flexibility index (Phi) is 3.12. The van der Waals surface area contributed by atoms with Gasteiger partial charge in [-0.3, -0.25) is 4.79 Å². The van der Waals surface area contributed by atoms with E-state index in [4.69, 9.17) is 23.2 Å². The lowest BCUT2D eigenvalue weighted by atomic mass is 10.3. The summed E-state index contributed by atoms with van der Waals surface area (Å²) in [6.07, 6.45) is 2.86. The number of carbonyl (C=O) groups excluding carboxylic acids is 1. The number of nitrogens with one attached hydrogen (secondary N) is 2. The first kappa shape index (κ1) is 11.0. The number of benzene rings is 1. The van der Waals surface area contributed by atoms with Crippen LogP contribution < -0.4 is 5.32 Å². The van der Waals surface area contributed by atoms with E-state index in [9.17, 15) is 4.79 Å². The molecule has 1 heterocycles. The standard InChI is InChI=1S/C10H7Cl2N3O/c11-6-1-7(12)3-8(2-6)15-10(16)9-4-13-5-14-9/h1-5H,(H,13,14)(H,15,16). The van der Waals surface area contributed by atoms with E-state index in [0.29, 0.717) is 21.4 Å². The number of imidazole rings is 1. The van der Waals surface area contributed by atoms with Gasteiger partial charge in [-0.25, -0.2) is 4.98 Å². The highest BCUT2D eigenvalue weighted by Crippen LogP contribution is 2.22. The molecule has 0 saturated heterocycles. The second-order valence-corrected chi connectivity index (χ2v) is 3.95. The molecule has 1 aromatic heterocycles. The Hall–Kier alpha value is -1.52. The van der Waals surface area contributed by atoms with Crippen molar-refractivity contribution in [1.82, 2.24) is 9.97 Å². The maximum atomic E-state index is 11.6. The Morgan fingerprint density at radius 3 is 2.50 bits per heavy atom. The van der Waals surface area contributed by atoms with Crippen molar-refractivity contribution in [2.75, 3.05) is 5.32 Å². The predicted octanol–water partition coefficient (Wildman–Crippen LogP) is 2.97. The fourth-order valence-electron chi connectivity index (χ4n) is 1.20. The number of hydrogen-bond donors (Lipinski definition) is 2. The maximum Gasteiger partial charge on any atom is 0.273 e. The molecule has 0 radical (unpaired) electrons. The fourth-order valence-corrected chi connectivity index (χ4v) is 1.73. The first-order valence-electron chi connectivity index (χ1n) is 4.41.